The number of ether oxygens (including phenoxy) is 1. The summed E-state index contributed by atoms with van der Waals surface area (Å²) in [6, 6.07) is 6.83. The molecule has 0 aliphatic carbocycles. The monoisotopic (exact) mass is 310 g/mol. The fourth-order valence-corrected chi connectivity index (χ4v) is 2.51. The Morgan fingerprint density at radius 2 is 2.00 bits per heavy atom. The summed E-state index contributed by atoms with van der Waals surface area (Å²) in [6.07, 6.45) is 0. The predicted octanol–water partition coefficient (Wildman–Crippen LogP) is 1.94. The van der Waals surface area contributed by atoms with Crippen molar-refractivity contribution in [3.63, 3.8) is 0 Å². The lowest BCUT2D eigenvalue weighted by molar-refractivity contribution is -0.145. The first-order valence-corrected chi connectivity index (χ1v) is 7.37. The molecule has 0 saturated carbocycles. The average Bonchev–Trinajstić information content (AvgIpc) is 2.46. The first-order valence-electron chi connectivity index (χ1n) is 6.99. The second-order valence-electron chi connectivity index (χ2n) is 4.92. The van der Waals surface area contributed by atoms with Crippen LogP contribution in [0.25, 0.3) is 0 Å². The van der Waals surface area contributed by atoms with Gasteiger partial charge in [-0.2, -0.15) is 0 Å². The van der Waals surface area contributed by atoms with Crippen LogP contribution in [0.3, 0.4) is 0 Å². The zero-order valence-corrected chi connectivity index (χ0v) is 13.0. The molecule has 5 nitrogen and oxygen atoms in total. The maximum absolute atomic E-state index is 12.5. The number of anilines is 1. The van der Waals surface area contributed by atoms with Crippen molar-refractivity contribution in [3.05, 3.63) is 29.3 Å². The molecule has 0 bridgehead atoms. The number of carbonyl (C=O) groups excluding carboxylic acids is 2. The number of hydrogen-bond acceptors (Lipinski definition) is 4. The quantitative estimate of drug-likeness (QED) is 0.798. The molecule has 1 heterocycles. The molecule has 21 heavy (non-hydrogen) atoms. The number of rotatable bonds is 4. The highest BCUT2D eigenvalue weighted by Crippen LogP contribution is 2.22. The number of hydrogen-bond donors (Lipinski definition) is 0. The second-order valence-corrected chi connectivity index (χ2v) is 5.35. The van der Waals surface area contributed by atoms with Crippen LogP contribution in [0.5, 0.6) is 0 Å². The highest BCUT2D eigenvalue weighted by atomic mass is 35.5. The molecule has 0 N–H and O–H groups in total. The number of piperazine rings is 1. The van der Waals surface area contributed by atoms with E-state index in [-0.39, 0.29) is 24.5 Å². The summed E-state index contributed by atoms with van der Waals surface area (Å²) in [7, 11) is 0. The van der Waals surface area contributed by atoms with Crippen LogP contribution in [0.15, 0.2) is 24.3 Å². The summed E-state index contributed by atoms with van der Waals surface area (Å²) in [6.45, 7) is 5.26. The molecule has 114 valence electrons. The Morgan fingerprint density at radius 1 is 1.33 bits per heavy atom. The minimum Gasteiger partial charge on any atom is -0.465 e. The molecule has 1 amide bonds. The van der Waals surface area contributed by atoms with E-state index in [9.17, 15) is 9.59 Å². The Labute approximate surface area is 129 Å². The molecule has 0 unspecified atom stereocenters. The van der Waals surface area contributed by atoms with Crippen LogP contribution >= 0.6 is 11.6 Å². The number of benzene rings is 1. The van der Waals surface area contributed by atoms with Crippen LogP contribution in [0.2, 0.25) is 5.02 Å². The molecular formula is C15H19ClN2O3. The molecule has 1 aliphatic heterocycles. The lowest BCUT2D eigenvalue weighted by atomic mass is 10.1. The average molecular weight is 311 g/mol. The predicted molar refractivity (Wildman–Crippen MR) is 81.5 cm³/mol. The first kappa shape index (κ1) is 15.8. The van der Waals surface area contributed by atoms with Crippen LogP contribution in [0.1, 0.15) is 13.8 Å². The van der Waals surface area contributed by atoms with E-state index in [0.29, 0.717) is 24.7 Å². The Kier molecular flexibility index (Phi) is 5.20. The number of nitrogens with zero attached hydrogens (tertiary/aromatic N) is 2. The van der Waals surface area contributed by atoms with Crippen molar-refractivity contribution in [2.24, 2.45) is 0 Å². The number of esters is 1. The van der Waals surface area contributed by atoms with Gasteiger partial charge in [0.1, 0.15) is 0 Å². The number of halogens is 1. The molecule has 0 aromatic heterocycles. The molecule has 0 spiro atoms. The van der Waals surface area contributed by atoms with E-state index in [0.717, 1.165) is 5.69 Å². The Bertz CT molecular complexity index is 518. The smallest absolute Gasteiger partial charge is 0.320 e. The van der Waals surface area contributed by atoms with Gasteiger partial charge in [-0.3, -0.25) is 14.5 Å². The molecule has 1 aliphatic rings. The lowest BCUT2D eigenvalue weighted by Gasteiger charge is -2.38. The van der Waals surface area contributed by atoms with Gasteiger partial charge in [0.25, 0.3) is 0 Å². The summed E-state index contributed by atoms with van der Waals surface area (Å²) >= 11 is 5.86. The lowest BCUT2D eigenvalue weighted by Crippen LogP contribution is -2.57. The van der Waals surface area contributed by atoms with Crippen molar-refractivity contribution in [2.75, 3.05) is 31.1 Å². The fraction of sp³-hybridized carbons (Fsp3) is 0.467. The SMILES string of the molecule is CCOC(=O)CN1CCN(c2ccc(Cl)cc2)C(=O)[C@@H]1C. The van der Waals surface area contributed by atoms with Gasteiger partial charge in [-0.25, -0.2) is 0 Å². The van der Waals surface area contributed by atoms with Gasteiger partial charge >= 0.3 is 5.97 Å². The Balaban J connectivity index is 2.04. The second kappa shape index (κ2) is 6.91. The third kappa shape index (κ3) is 3.74. The van der Waals surface area contributed by atoms with Gasteiger partial charge in [0.2, 0.25) is 5.91 Å². The fourth-order valence-electron chi connectivity index (χ4n) is 2.38. The largest absolute Gasteiger partial charge is 0.465 e. The third-order valence-corrected chi connectivity index (χ3v) is 3.81. The van der Waals surface area contributed by atoms with E-state index in [2.05, 4.69) is 0 Å². The van der Waals surface area contributed by atoms with E-state index in [1.807, 2.05) is 24.0 Å². The zero-order valence-electron chi connectivity index (χ0n) is 12.2. The Hall–Kier alpha value is -1.59. The standard InChI is InChI=1S/C15H19ClN2O3/c1-3-21-14(19)10-17-8-9-18(15(20)11(17)2)13-6-4-12(16)5-7-13/h4-7,11H,3,8-10H2,1-2H3/t11-/m0/s1. The van der Waals surface area contributed by atoms with Gasteiger partial charge in [-0.15, -0.1) is 0 Å². The van der Waals surface area contributed by atoms with Gasteiger partial charge in [-0.1, -0.05) is 11.6 Å². The highest BCUT2D eigenvalue weighted by Gasteiger charge is 2.33. The van der Waals surface area contributed by atoms with Gasteiger partial charge in [0.05, 0.1) is 19.2 Å². The van der Waals surface area contributed by atoms with Crippen molar-refractivity contribution in [2.45, 2.75) is 19.9 Å². The molecule has 1 fully saturated rings. The van der Waals surface area contributed by atoms with Gasteiger partial charge in [-0.05, 0) is 38.1 Å². The summed E-state index contributed by atoms with van der Waals surface area (Å²) in [5, 5.41) is 0.639. The van der Waals surface area contributed by atoms with E-state index < -0.39 is 0 Å². The topological polar surface area (TPSA) is 49.9 Å². The van der Waals surface area contributed by atoms with Gasteiger partial charge in [0, 0.05) is 23.8 Å². The van der Waals surface area contributed by atoms with Crippen LogP contribution in [-0.2, 0) is 14.3 Å². The minimum absolute atomic E-state index is 0.0205. The van der Waals surface area contributed by atoms with E-state index in [4.69, 9.17) is 16.3 Å². The summed E-state index contributed by atoms with van der Waals surface area (Å²) in [4.78, 5) is 27.6. The minimum atomic E-state index is -0.348. The van der Waals surface area contributed by atoms with Crippen molar-refractivity contribution in [1.29, 1.82) is 0 Å². The molecule has 1 atom stereocenters. The molecule has 1 aromatic rings. The zero-order chi connectivity index (χ0) is 15.4. The van der Waals surface area contributed by atoms with Crippen LogP contribution in [0.4, 0.5) is 5.69 Å². The molecule has 6 heteroatoms. The molecular weight excluding hydrogens is 292 g/mol. The molecule has 0 radical (unpaired) electrons. The van der Waals surface area contributed by atoms with E-state index in [1.165, 1.54) is 0 Å². The summed E-state index contributed by atoms with van der Waals surface area (Å²) < 4.78 is 4.93. The molecule has 1 saturated heterocycles. The van der Waals surface area contributed by atoms with Crippen molar-refractivity contribution in [1.82, 2.24) is 4.90 Å². The summed E-state index contributed by atoms with van der Waals surface area (Å²) in [5.74, 6) is -0.315. The van der Waals surface area contributed by atoms with Crippen molar-refractivity contribution >= 4 is 29.2 Å². The van der Waals surface area contributed by atoms with Crippen molar-refractivity contribution < 1.29 is 14.3 Å². The molecule has 2 rings (SSSR count). The van der Waals surface area contributed by atoms with Gasteiger partial charge < -0.3 is 9.64 Å². The van der Waals surface area contributed by atoms with Crippen LogP contribution in [0, 0.1) is 0 Å². The van der Waals surface area contributed by atoms with Gasteiger partial charge in [0.15, 0.2) is 0 Å². The van der Waals surface area contributed by atoms with Crippen LogP contribution in [-0.4, -0.2) is 49.1 Å². The maximum atomic E-state index is 12.5. The van der Waals surface area contributed by atoms with Crippen LogP contribution < -0.4 is 4.90 Å². The van der Waals surface area contributed by atoms with E-state index >= 15 is 0 Å². The normalized spacial score (nSPS) is 19.7. The highest BCUT2D eigenvalue weighted by molar-refractivity contribution is 6.30. The third-order valence-electron chi connectivity index (χ3n) is 3.56. The number of amides is 1. The number of carbonyl (C=O) groups is 2. The van der Waals surface area contributed by atoms with Crippen molar-refractivity contribution in [3.8, 4) is 0 Å². The summed E-state index contributed by atoms with van der Waals surface area (Å²) in [5.41, 5.74) is 0.826. The van der Waals surface area contributed by atoms with E-state index in [1.54, 1.807) is 24.0 Å². The molecule has 1 aromatic carbocycles. The maximum Gasteiger partial charge on any atom is 0.320 e. The Morgan fingerprint density at radius 3 is 2.62 bits per heavy atom. The first-order chi connectivity index (χ1) is 10.0.